The summed E-state index contributed by atoms with van der Waals surface area (Å²) in [6.45, 7) is 2.20. The van der Waals surface area contributed by atoms with Crippen LogP contribution in [0.3, 0.4) is 0 Å². The van der Waals surface area contributed by atoms with Gasteiger partial charge in [-0.05, 0) is 81.0 Å². The molecule has 2 fully saturated rings. The smallest absolute Gasteiger partial charge is 0.314 e. The van der Waals surface area contributed by atoms with Gasteiger partial charge in [0.25, 0.3) is 0 Å². The van der Waals surface area contributed by atoms with Crippen LogP contribution in [0.2, 0.25) is 0 Å². The quantitative estimate of drug-likeness (QED) is 0.358. The van der Waals surface area contributed by atoms with Crippen molar-refractivity contribution >= 4 is 5.97 Å². The van der Waals surface area contributed by atoms with Gasteiger partial charge < -0.3 is 4.74 Å². The van der Waals surface area contributed by atoms with Crippen molar-refractivity contribution in [2.24, 2.45) is 23.2 Å². The van der Waals surface area contributed by atoms with Gasteiger partial charge >= 0.3 is 5.97 Å². The summed E-state index contributed by atoms with van der Waals surface area (Å²) in [5.74, 6) is 1.43. The Balaban J connectivity index is 1.54. The summed E-state index contributed by atoms with van der Waals surface area (Å²) in [6.07, 6.45) is 10.4. The number of esters is 1. The summed E-state index contributed by atoms with van der Waals surface area (Å²) in [5.41, 5.74) is 0.425. The molecule has 0 aliphatic heterocycles. The van der Waals surface area contributed by atoms with E-state index in [9.17, 15) is 10.1 Å². The molecule has 148 valence electrons. The highest BCUT2D eigenvalue weighted by Crippen LogP contribution is 2.51. The van der Waals surface area contributed by atoms with Crippen LogP contribution >= 0.6 is 0 Å². The van der Waals surface area contributed by atoms with E-state index in [0.717, 1.165) is 51.4 Å². The maximum absolute atomic E-state index is 12.6. The predicted molar refractivity (Wildman–Crippen MR) is 107 cm³/mol. The predicted octanol–water partition coefficient (Wildman–Crippen LogP) is 5.77. The third kappa shape index (κ3) is 4.74. The average Bonchev–Trinajstić information content (AvgIpc) is 2.74. The zero-order valence-electron chi connectivity index (χ0n) is 16.8. The molecule has 4 atom stereocenters. The lowest BCUT2D eigenvalue weighted by Crippen LogP contribution is -2.38. The Hall–Kier alpha value is -2.33. The molecule has 0 saturated heterocycles. The standard InChI is InChI=1S/C24H30N2O2/c1-2-3-4-12-24(17-26)13-11-19-14-20(7-8-21(19)15-24)23(27)28-22-9-5-18(16-25)6-10-22/h5-6,9-10,19-21H,2-4,7-8,11-15H2,1H3/t19-,20?,21?,24+/m1/s1. The molecule has 0 radical (unpaired) electrons. The van der Waals surface area contributed by atoms with Crippen LogP contribution < -0.4 is 4.74 Å². The van der Waals surface area contributed by atoms with Crippen LogP contribution in [0, 0.1) is 45.8 Å². The summed E-state index contributed by atoms with van der Waals surface area (Å²) >= 11 is 0. The fourth-order valence-corrected chi connectivity index (χ4v) is 5.12. The van der Waals surface area contributed by atoms with Crippen LogP contribution in [0.4, 0.5) is 0 Å². The molecule has 4 nitrogen and oxygen atoms in total. The summed E-state index contributed by atoms with van der Waals surface area (Å²) < 4.78 is 5.56. The van der Waals surface area contributed by atoms with Gasteiger partial charge in [-0.25, -0.2) is 0 Å². The van der Waals surface area contributed by atoms with E-state index in [1.165, 1.54) is 12.8 Å². The van der Waals surface area contributed by atoms with E-state index in [2.05, 4.69) is 19.1 Å². The molecule has 2 aliphatic rings. The molecule has 0 heterocycles. The minimum Gasteiger partial charge on any atom is -0.426 e. The second-order valence-electron chi connectivity index (χ2n) is 8.68. The van der Waals surface area contributed by atoms with Gasteiger partial charge in [0.05, 0.1) is 29.0 Å². The third-order valence-electron chi connectivity index (χ3n) is 6.82. The van der Waals surface area contributed by atoms with Gasteiger partial charge in [-0.15, -0.1) is 0 Å². The number of carbonyl (C=O) groups excluding carboxylic acids is 1. The number of carbonyl (C=O) groups is 1. The van der Waals surface area contributed by atoms with Crippen LogP contribution in [0.15, 0.2) is 24.3 Å². The molecule has 2 saturated carbocycles. The summed E-state index contributed by atoms with van der Waals surface area (Å²) in [7, 11) is 0. The largest absolute Gasteiger partial charge is 0.426 e. The minimum absolute atomic E-state index is 0.0495. The first kappa shape index (κ1) is 20.4. The van der Waals surface area contributed by atoms with Gasteiger partial charge in [-0.2, -0.15) is 10.5 Å². The molecular formula is C24H30N2O2. The van der Waals surface area contributed by atoms with E-state index >= 15 is 0 Å². The number of rotatable bonds is 6. The van der Waals surface area contributed by atoms with Crippen molar-refractivity contribution in [1.82, 2.24) is 0 Å². The number of fused-ring (bicyclic) bond motifs is 1. The van der Waals surface area contributed by atoms with Crippen molar-refractivity contribution in [3.63, 3.8) is 0 Å². The Kier molecular flexibility index (Phi) is 6.74. The Labute approximate surface area is 168 Å². The maximum atomic E-state index is 12.6. The summed E-state index contributed by atoms with van der Waals surface area (Å²) in [6, 6.07) is 11.4. The first-order valence-electron chi connectivity index (χ1n) is 10.7. The molecule has 2 unspecified atom stereocenters. The van der Waals surface area contributed by atoms with Gasteiger partial charge in [0, 0.05) is 0 Å². The Bertz CT molecular complexity index is 758. The topological polar surface area (TPSA) is 73.9 Å². The number of ether oxygens (including phenoxy) is 1. The van der Waals surface area contributed by atoms with Crippen LogP contribution in [-0.2, 0) is 4.79 Å². The van der Waals surface area contributed by atoms with Crippen LogP contribution in [0.5, 0.6) is 5.75 Å². The molecule has 0 amide bonds. The molecular weight excluding hydrogens is 348 g/mol. The van der Waals surface area contributed by atoms with E-state index < -0.39 is 0 Å². The molecule has 0 bridgehead atoms. The van der Waals surface area contributed by atoms with Gasteiger partial charge in [-0.3, -0.25) is 4.79 Å². The van der Waals surface area contributed by atoms with Crippen molar-refractivity contribution < 1.29 is 9.53 Å². The lowest BCUT2D eigenvalue weighted by molar-refractivity contribution is -0.141. The van der Waals surface area contributed by atoms with E-state index in [1.807, 2.05) is 0 Å². The number of nitriles is 2. The molecule has 2 aliphatic carbocycles. The second-order valence-corrected chi connectivity index (χ2v) is 8.68. The zero-order chi connectivity index (χ0) is 20.0. The van der Waals surface area contributed by atoms with Crippen LogP contribution in [-0.4, -0.2) is 5.97 Å². The van der Waals surface area contributed by atoms with Gasteiger partial charge in [0.15, 0.2) is 0 Å². The summed E-state index contributed by atoms with van der Waals surface area (Å²) in [5, 5.41) is 18.7. The third-order valence-corrected chi connectivity index (χ3v) is 6.82. The monoisotopic (exact) mass is 378 g/mol. The highest BCUT2D eigenvalue weighted by Gasteiger charge is 2.44. The van der Waals surface area contributed by atoms with Gasteiger partial charge in [-0.1, -0.05) is 26.2 Å². The van der Waals surface area contributed by atoms with E-state index in [4.69, 9.17) is 10.00 Å². The maximum Gasteiger partial charge on any atom is 0.314 e. The molecule has 0 aromatic heterocycles. The minimum atomic E-state index is -0.150. The molecule has 28 heavy (non-hydrogen) atoms. The molecule has 1 aromatic rings. The molecule has 4 heteroatoms. The van der Waals surface area contributed by atoms with Crippen molar-refractivity contribution in [2.75, 3.05) is 0 Å². The van der Waals surface area contributed by atoms with Crippen LogP contribution in [0.25, 0.3) is 0 Å². The summed E-state index contributed by atoms with van der Waals surface area (Å²) in [4.78, 5) is 12.6. The van der Waals surface area contributed by atoms with Crippen LogP contribution in [0.1, 0.15) is 76.7 Å². The van der Waals surface area contributed by atoms with Gasteiger partial charge in [0.2, 0.25) is 0 Å². The zero-order valence-corrected chi connectivity index (χ0v) is 16.8. The number of benzene rings is 1. The molecule has 1 aromatic carbocycles. The fraction of sp³-hybridized carbons (Fsp3) is 0.625. The lowest BCUT2D eigenvalue weighted by Gasteiger charge is -2.45. The SMILES string of the molecule is CCCCC[C@]1(C#N)CC[C@@H]2CC(C(=O)Oc3ccc(C#N)cc3)CCC2C1. The normalized spacial score (nSPS) is 29.2. The highest BCUT2D eigenvalue weighted by molar-refractivity contribution is 5.75. The first-order valence-corrected chi connectivity index (χ1v) is 10.7. The first-order chi connectivity index (χ1) is 13.6. The van der Waals surface area contributed by atoms with Crippen molar-refractivity contribution in [1.29, 1.82) is 10.5 Å². The Morgan fingerprint density at radius 2 is 1.93 bits per heavy atom. The molecule has 3 rings (SSSR count). The Morgan fingerprint density at radius 1 is 1.14 bits per heavy atom. The highest BCUT2D eigenvalue weighted by atomic mass is 16.5. The number of hydrogen-bond acceptors (Lipinski definition) is 4. The van der Waals surface area contributed by atoms with E-state index in [-0.39, 0.29) is 17.3 Å². The second kappa shape index (κ2) is 9.24. The fourth-order valence-electron chi connectivity index (χ4n) is 5.12. The average molecular weight is 379 g/mol. The van der Waals surface area contributed by atoms with Gasteiger partial charge in [0.1, 0.15) is 5.75 Å². The number of hydrogen-bond donors (Lipinski definition) is 0. The van der Waals surface area contributed by atoms with Crippen molar-refractivity contribution in [3.05, 3.63) is 29.8 Å². The van der Waals surface area contributed by atoms with E-state index in [1.54, 1.807) is 24.3 Å². The van der Waals surface area contributed by atoms with Crippen molar-refractivity contribution in [2.45, 2.75) is 71.1 Å². The lowest BCUT2D eigenvalue weighted by atomic mass is 9.59. The number of unbranched alkanes of at least 4 members (excludes halogenated alkanes) is 2. The van der Waals surface area contributed by atoms with Crippen molar-refractivity contribution in [3.8, 4) is 17.9 Å². The molecule has 0 spiro atoms. The van der Waals surface area contributed by atoms with E-state index in [0.29, 0.717) is 23.1 Å². The Morgan fingerprint density at radius 3 is 2.61 bits per heavy atom. The number of nitrogens with zero attached hydrogens (tertiary/aromatic N) is 2. The molecule has 0 N–H and O–H groups in total.